The number of aliphatic hydroxyl groups is 2. The first-order valence-electron chi connectivity index (χ1n) is 23.1. The van der Waals surface area contributed by atoms with E-state index in [-0.39, 0.29) is 55.8 Å². The molecule has 0 bridgehead atoms. The van der Waals surface area contributed by atoms with E-state index in [1.54, 1.807) is 12.1 Å². The topological polar surface area (TPSA) is 121 Å². The van der Waals surface area contributed by atoms with Gasteiger partial charge >= 0.3 is 0 Å². The zero-order valence-electron chi connectivity index (χ0n) is 36.1. The van der Waals surface area contributed by atoms with Gasteiger partial charge in [0.05, 0.1) is 18.2 Å². The average molecular weight is 841 g/mol. The summed E-state index contributed by atoms with van der Waals surface area (Å²) in [6, 6.07) is 29.4. The van der Waals surface area contributed by atoms with Crippen LogP contribution in [0.5, 0.6) is 11.5 Å². The first-order valence-corrected chi connectivity index (χ1v) is 23.1. The molecular weight excluding hydrogens is 777 g/mol. The van der Waals surface area contributed by atoms with Gasteiger partial charge in [0.25, 0.3) is 0 Å². The van der Waals surface area contributed by atoms with Gasteiger partial charge in [-0.1, -0.05) is 129 Å². The van der Waals surface area contributed by atoms with Crippen LogP contribution >= 0.6 is 0 Å². The molecule has 2 fully saturated rings. The van der Waals surface area contributed by atoms with Crippen LogP contribution in [0.2, 0.25) is 0 Å². The van der Waals surface area contributed by atoms with E-state index in [9.17, 15) is 15.3 Å². The smallest absolute Gasteiger partial charge is 0.239 e. The molecule has 8 rings (SSSR count). The van der Waals surface area contributed by atoms with E-state index >= 15 is 4.79 Å². The average Bonchev–Trinajstić information content (AvgIpc) is 3.83. The van der Waals surface area contributed by atoms with Gasteiger partial charge in [-0.2, -0.15) is 0 Å². The van der Waals surface area contributed by atoms with E-state index in [1.807, 2.05) is 53.4 Å². The van der Waals surface area contributed by atoms with Crippen molar-refractivity contribution in [3.05, 3.63) is 132 Å². The van der Waals surface area contributed by atoms with Crippen molar-refractivity contribution < 1.29 is 34.4 Å². The van der Waals surface area contributed by atoms with Crippen molar-refractivity contribution in [1.82, 2.24) is 4.90 Å². The molecule has 1 heterocycles. The number of hydrogen-bond acceptors (Lipinski definition) is 8. The second-order valence-electron chi connectivity index (χ2n) is 17.9. The summed E-state index contributed by atoms with van der Waals surface area (Å²) in [5.41, 5.74) is 4.69. The highest BCUT2D eigenvalue weighted by Crippen LogP contribution is 2.62. The first kappa shape index (κ1) is 43.7. The lowest BCUT2D eigenvalue weighted by Crippen LogP contribution is -2.70. The molecule has 62 heavy (non-hydrogen) atoms. The molecule has 0 radical (unpaired) electrons. The van der Waals surface area contributed by atoms with Crippen molar-refractivity contribution in [2.75, 3.05) is 19.8 Å². The molecule has 4 aromatic rings. The molecule has 9 nitrogen and oxygen atoms in total. The van der Waals surface area contributed by atoms with Crippen molar-refractivity contribution in [3.63, 3.8) is 0 Å². The zero-order chi connectivity index (χ0) is 42.9. The van der Waals surface area contributed by atoms with Crippen LogP contribution in [0.25, 0.3) is 10.8 Å². The Hall–Kier alpha value is -4.96. The van der Waals surface area contributed by atoms with Crippen molar-refractivity contribution >= 4 is 22.4 Å². The Balaban J connectivity index is 1.32. The largest absolute Gasteiger partial charge is 0.508 e. The third-order valence-corrected chi connectivity index (χ3v) is 14.1. The number of carbonyl (C=O) groups excluding carboxylic acids is 1. The lowest BCUT2D eigenvalue weighted by atomic mass is 9.55. The molecule has 0 saturated heterocycles. The number of hydrogen-bond donors (Lipinski definition) is 3. The van der Waals surface area contributed by atoms with Crippen LogP contribution in [-0.2, 0) is 27.5 Å². The van der Waals surface area contributed by atoms with Gasteiger partial charge in [-0.15, -0.1) is 6.58 Å². The van der Waals surface area contributed by atoms with Crippen molar-refractivity contribution in [3.8, 4) is 11.5 Å². The first-order chi connectivity index (χ1) is 30.4. The standard InChI is InChI=1S/C53H64N2O7/c1-2-31-60-53-49(55(50(59)28-25-37-15-6-7-16-37)35-41-22-14-21-39-19-8-9-23-43(39)41)34-47(54-61-36-38-17-4-3-5-18-38)45-32-40(20-10-12-29-56)44(24-11-13-30-57)51(52(45)53)46-33-42(58)26-27-48(46)62-53/h2-5,8-9,14,17-19,21-23,26-27,32-33,37,40,44,49,51-52,56-58H,1,6-7,10-13,15-16,20,24-25,28-31,34-36H2. The van der Waals surface area contributed by atoms with Crippen molar-refractivity contribution in [2.45, 2.75) is 114 Å². The number of fused-ring (bicyclic) bond motifs is 3. The Morgan fingerprint density at radius 1 is 0.903 bits per heavy atom. The van der Waals surface area contributed by atoms with Crippen molar-refractivity contribution in [2.24, 2.45) is 28.8 Å². The maximum Gasteiger partial charge on any atom is 0.239 e. The lowest BCUT2D eigenvalue weighted by molar-refractivity contribution is -0.258. The highest BCUT2D eigenvalue weighted by Gasteiger charge is 2.65. The Morgan fingerprint density at radius 3 is 2.45 bits per heavy atom. The number of ether oxygens (including phenoxy) is 2. The summed E-state index contributed by atoms with van der Waals surface area (Å²) in [5.74, 6) is -0.481. The summed E-state index contributed by atoms with van der Waals surface area (Å²) >= 11 is 0. The van der Waals surface area contributed by atoms with Crippen molar-refractivity contribution in [1.29, 1.82) is 0 Å². The van der Waals surface area contributed by atoms with Gasteiger partial charge in [0.1, 0.15) is 24.1 Å². The van der Waals surface area contributed by atoms with Crippen LogP contribution < -0.4 is 4.74 Å². The lowest BCUT2D eigenvalue weighted by Gasteiger charge is -2.60. The molecule has 3 aliphatic carbocycles. The molecule has 6 atom stereocenters. The van der Waals surface area contributed by atoms with Gasteiger partial charge in [0, 0.05) is 44.1 Å². The molecule has 6 unspecified atom stereocenters. The fourth-order valence-corrected chi connectivity index (χ4v) is 11.2. The van der Waals surface area contributed by atoms with Crippen LogP contribution in [0.3, 0.4) is 0 Å². The van der Waals surface area contributed by atoms with Crippen LogP contribution in [0.4, 0.5) is 0 Å². The number of phenolic OH excluding ortho intramolecular Hbond substituents is 1. The summed E-state index contributed by atoms with van der Waals surface area (Å²) in [5, 5.41) is 38.2. The normalized spacial score (nSPS) is 24.8. The Labute approximate surface area is 367 Å². The number of unbranched alkanes of at least 4 members (excludes halogenated alkanes) is 2. The molecule has 1 amide bonds. The number of rotatable bonds is 20. The number of oxime groups is 1. The SMILES string of the molecule is C=CCOC12Oc3ccc(O)cc3C3C(CCCCO)C(CCCCO)C=C(C(=NOCc4ccccc4)CC1N(Cc1cccc4ccccc14)C(=O)CCC1CCCC1)C32. The number of amides is 1. The van der Waals surface area contributed by atoms with Crippen LogP contribution in [0, 0.1) is 23.7 Å². The summed E-state index contributed by atoms with van der Waals surface area (Å²) in [7, 11) is 0. The molecule has 4 aromatic carbocycles. The second-order valence-corrected chi connectivity index (χ2v) is 17.9. The summed E-state index contributed by atoms with van der Waals surface area (Å²) in [6.45, 7) is 5.14. The predicted molar refractivity (Wildman–Crippen MR) is 244 cm³/mol. The number of nitrogens with zero attached hydrogens (tertiary/aromatic N) is 2. The van der Waals surface area contributed by atoms with Gasteiger partial charge in [0.15, 0.2) is 0 Å². The number of aromatic hydroxyl groups is 1. The van der Waals surface area contributed by atoms with E-state index in [2.05, 4.69) is 49.1 Å². The van der Waals surface area contributed by atoms with Gasteiger partial charge in [0.2, 0.25) is 11.7 Å². The minimum Gasteiger partial charge on any atom is -0.508 e. The number of aliphatic hydroxyl groups excluding tert-OH is 2. The zero-order valence-corrected chi connectivity index (χ0v) is 36.1. The van der Waals surface area contributed by atoms with Crippen LogP contribution in [0.1, 0.15) is 106 Å². The van der Waals surface area contributed by atoms with Gasteiger partial charge in [-0.3, -0.25) is 4.79 Å². The third kappa shape index (κ3) is 9.36. The van der Waals surface area contributed by atoms with E-state index in [0.717, 1.165) is 83.7 Å². The Bertz CT molecular complexity index is 2190. The van der Waals surface area contributed by atoms with Crippen LogP contribution in [-0.4, -0.2) is 63.5 Å². The van der Waals surface area contributed by atoms with Crippen LogP contribution in [0.15, 0.2) is 120 Å². The third-order valence-electron chi connectivity index (χ3n) is 14.1. The van der Waals surface area contributed by atoms with E-state index < -0.39 is 17.7 Å². The fraction of sp³-hybridized carbons (Fsp3) is 0.472. The fourth-order valence-electron chi connectivity index (χ4n) is 11.2. The molecule has 0 aromatic heterocycles. The number of phenols is 1. The molecule has 0 spiro atoms. The Morgan fingerprint density at radius 2 is 1.66 bits per heavy atom. The predicted octanol–water partition coefficient (Wildman–Crippen LogP) is 10.4. The Kier molecular flexibility index (Phi) is 14.4. The molecular formula is C53H64N2O7. The highest BCUT2D eigenvalue weighted by atomic mass is 16.7. The minimum atomic E-state index is -1.37. The summed E-state index contributed by atoms with van der Waals surface area (Å²) < 4.78 is 14.6. The number of allylic oxidation sites excluding steroid dienone is 1. The van der Waals surface area contributed by atoms with E-state index in [1.165, 1.54) is 12.8 Å². The minimum absolute atomic E-state index is 0.0576. The number of carbonyl (C=O) groups is 1. The molecule has 4 aliphatic rings. The quantitative estimate of drug-likeness (QED) is 0.0460. The van der Waals surface area contributed by atoms with Gasteiger partial charge in [-0.05, 0) is 95.5 Å². The van der Waals surface area contributed by atoms with E-state index in [0.29, 0.717) is 43.9 Å². The molecule has 3 N–H and O–H groups in total. The summed E-state index contributed by atoms with van der Waals surface area (Å²) in [4.78, 5) is 23.7. The van der Waals surface area contributed by atoms with Gasteiger partial charge in [-0.25, -0.2) is 0 Å². The molecule has 9 heteroatoms. The maximum atomic E-state index is 15.3. The van der Waals surface area contributed by atoms with Gasteiger partial charge < -0.3 is 34.5 Å². The molecule has 1 aliphatic heterocycles. The molecule has 328 valence electrons. The number of benzene rings is 4. The molecule has 2 saturated carbocycles. The highest BCUT2D eigenvalue weighted by molar-refractivity contribution is 6.03. The van der Waals surface area contributed by atoms with E-state index in [4.69, 9.17) is 19.5 Å². The maximum absolute atomic E-state index is 15.3. The monoisotopic (exact) mass is 840 g/mol. The summed E-state index contributed by atoms with van der Waals surface area (Å²) in [6.07, 6.45) is 15.1. The second kappa shape index (κ2) is 20.5.